The van der Waals surface area contributed by atoms with Crippen LogP contribution in [0.1, 0.15) is 29.3 Å². The van der Waals surface area contributed by atoms with Crippen molar-refractivity contribution in [3.63, 3.8) is 0 Å². The van der Waals surface area contributed by atoms with Gasteiger partial charge in [0.05, 0.1) is 24.2 Å². The molecule has 26 heavy (non-hydrogen) atoms. The van der Waals surface area contributed by atoms with Gasteiger partial charge in [-0.2, -0.15) is 0 Å². The highest BCUT2D eigenvalue weighted by molar-refractivity contribution is 6.32. The molecule has 6 heteroatoms. The van der Waals surface area contributed by atoms with Gasteiger partial charge in [-0.05, 0) is 35.4 Å². The van der Waals surface area contributed by atoms with E-state index in [0.717, 1.165) is 16.7 Å². The predicted molar refractivity (Wildman–Crippen MR) is 99.6 cm³/mol. The fourth-order valence-electron chi connectivity index (χ4n) is 2.96. The summed E-state index contributed by atoms with van der Waals surface area (Å²) in [6.45, 7) is 2.26. The van der Waals surface area contributed by atoms with Crippen LogP contribution in [0.25, 0.3) is 11.1 Å². The molecule has 0 spiro atoms. The number of halogens is 1. The quantitative estimate of drug-likeness (QED) is 0.813. The second-order valence-electron chi connectivity index (χ2n) is 6.12. The Labute approximate surface area is 157 Å². The summed E-state index contributed by atoms with van der Waals surface area (Å²) in [4.78, 5) is 23.2. The number of esters is 1. The van der Waals surface area contributed by atoms with Crippen molar-refractivity contribution in [1.29, 1.82) is 0 Å². The molecule has 136 valence electrons. The smallest absolute Gasteiger partial charge is 0.337 e. The average Bonchev–Trinajstić information content (AvgIpc) is 3.09. The number of rotatable bonds is 5. The first-order valence-electron chi connectivity index (χ1n) is 8.46. The highest BCUT2D eigenvalue weighted by Gasteiger charge is 2.26. The minimum atomic E-state index is -0.380. The molecule has 0 bridgehead atoms. The third-order valence-electron chi connectivity index (χ3n) is 4.32. The van der Waals surface area contributed by atoms with Gasteiger partial charge < -0.3 is 14.8 Å². The number of amides is 1. The Morgan fingerprint density at radius 1 is 1.27 bits per heavy atom. The van der Waals surface area contributed by atoms with Crippen molar-refractivity contribution in [3.8, 4) is 16.9 Å². The van der Waals surface area contributed by atoms with Gasteiger partial charge >= 0.3 is 5.97 Å². The van der Waals surface area contributed by atoms with Crippen LogP contribution in [0.4, 0.5) is 0 Å². The lowest BCUT2D eigenvalue weighted by molar-refractivity contribution is -0.121. The minimum Gasteiger partial charge on any atom is -0.486 e. The van der Waals surface area contributed by atoms with Gasteiger partial charge in [0, 0.05) is 18.4 Å². The van der Waals surface area contributed by atoms with E-state index in [2.05, 4.69) is 5.32 Å². The summed E-state index contributed by atoms with van der Waals surface area (Å²) >= 11 is 6.41. The van der Waals surface area contributed by atoms with Gasteiger partial charge in [0.25, 0.3) is 0 Å². The zero-order valence-corrected chi connectivity index (χ0v) is 15.4. The Hall–Kier alpha value is -2.53. The molecule has 1 atom stereocenters. The highest BCUT2D eigenvalue weighted by atomic mass is 35.5. The number of carbonyl (C=O) groups excluding carboxylic acids is 2. The molecule has 1 amide bonds. The van der Waals surface area contributed by atoms with E-state index in [1.54, 1.807) is 12.1 Å². The third kappa shape index (κ3) is 3.83. The molecule has 5 nitrogen and oxygen atoms in total. The SMILES string of the molecule is CCC(=O)NC[C@@H]1Cc2cc(-c3cccc(C(=O)OC)c3)cc(Cl)c2O1. The predicted octanol–water partition coefficient (Wildman–Crippen LogP) is 3.62. The number of hydrogen-bond acceptors (Lipinski definition) is 4. The van der Waals surface area contributed by atoms with E-state index in [-0.39, 0.29) is 18.0 Å². The van der Waals surface area contributed by atoms with Gasteiger partial charge in [0.2, 0.25) is 5.91 Å². The summed E-state index contributed by atoms with van der Waals surface area (Å²) in [6, 6.07) is 11.0. The molecule has 3 rings (SSSR count). The molecule has 0 fully saturated rings. The molecule has 0 radical (unpaired) electrons. The lowest BCUT2D eigenvalue weighted by Gasteiger charge is -2.12. The van der Waals surface area contributed by atoms with E-state index < -0.39 is 0 Å². The third-order valence-corrected chi connectivity index (χ3v) is 4.60. The van der Waals surface area contributed by atoms with E-state index in [1.165, 1.54) is 7.11 Å². The highest BCUT2D eigenvalue weighted by Crippen LogP contribution is 2.39. The van der Waals surface area contributed by atoms with Crippen molar-refractivity contribution in [2.45, 2.75) is 25.9 Å². The minimum absolute atomic E-state index is 0.00373. The van der Waals surface area contributed by atoms with Crippen LogP contribution in [0, 0.1) is 0 Å². The fourth-order valence-corrected chi connectivity index (χ4v) is 3.25. The average molecular weight is 374 g/mol. The summed E-state index contributed by atoms with van der Waals surface area (Å²) in [5.41, 5.74) is 3.26. The monoisotopic (exact) mass is 373 g/mol. The van der Waals surface area contributed by atoms with Crippen molar-refractivity contribution in [3.05, 3.63) is 52.5 Å². The van der Waals surface area contributed by atoms with Crippen molar-refractivity contribution >= 4 is 23.5 Å². The number of benzene rings is 2. The van der Waals surface area contributed by atoms with Gasteiger partial charge in [-0.1, -0.05) is 30.7 Å². The molecular weight excluding hydrogens is 354 g/mol. The zero-order valence-electron chi connectivity index (χ0n) is 14.7. The lowest BCUT2D eigenvalue weighted by atomic mass is 9.99. The molecule has 0 unspecified atom stereocenters. The molecule has 0 saturated heterocycles. The van der Waals surface area contributed by atoms with Gasteiger partial charge in [0.1, 0.15) is 11.9 Å². The van der Waals surface area contributed by atoms with Crippen molar-refractivity contribution < 1.29 is 19.1 Å². The first-order valence-corrected chi connectivity index (χ1v) is 8.84. The Bertz CT molecular complexity index is 850. The standard InChI is InChI=1S/C20H20ClNO4/c1-3-18(23)22-11-16-9-15-8-14(10-17(21)19(15)26-16)12-5-4-6-13(7-12)20(24)25-2/h4-8,10,16H,3,9,11H2,1-2H3,(H,22,23)/t16-/m0/s1. The topological polar surface area (TPSA) is 64.6 Å². The van der Waals surface area contributed by atoms with Crippen LogP contribution in [0.15, 0.2) is 36.4 Å². The fraction of sp³-hybridized carbons (Fsp3) is 0.300. The number of nitrogens with one attached hydrogen (secondary N) is 1. The largest absolute Gasteiger partial charge is 0.486 e. The summed E-state index contributed by atoms with van der Waals surface area (Å²) in [5.74, 6) is 0.278. The van der Waals surface area contributed by atoms with Crippen LogP contribution in [0.5, 0.6) is 5.75 Å². The molecule has 2 aromatic rings. The van der Waals surface area contributed by atoms with Gasteiger partial charge in [-0.3, -0.25) is 4.79 Å². The number of fused-ring (bicyclic) bond motifs is 1. The molecule has 1 N–H and O–H groups in total. The maximum atomic E-state index is 11.7. The molecule has 1 aliphatic rings. The number of hydrogen-bond donors (Lipinski definition) is 1. The summed E-state index contributed by atoms with van der Waals surface area (Å²) < 4.78 is 10.7. The Balaban J connectivity index is 1.83. The lowest BCUT2D eigenvalue weighted by Crippen LogP contribution is -2.33. The molecular formula is C20H20ClNO4. The van der Waals surface area contributed by atoms with E-state index in [0.29, 0.717) is 35.7 Å². The van der Waals surface area contributed by atoms with Gasteiger partial charge in [0.15, 0.2) is 0 Å². The van der Waals surface area contributed by atoms with E-state index in [4.69, 9.17) is 21.1 Å². The first-order chi connectivity index (χ1) is 12.5. The first kappa shape index (κ1) is 18.3. The second kappa shape index (κ2) is 7.79. The molecule has 2 aromatic carbocycles. The normalized spacial score (nSPS) is 15.1. The maximum Gasteiger partial charge on any atom is 0.337 e. The van der Waals surface area contributed by atoms with Crippen LogP contribution in [-0.2, 0) is 16.0 Å². The summed E-state index contributed by atoms with van der Waals surface area (Å²) in [7, 11) is 1.36. The Morgan fingerprint density at radius 3 is 2.81 bits per heavy atom. The van der Waals surface area contributed by atoms with Gasteiger partial charge in [-0.25, -0.2) is 4.79 Å². The van der Waals surface area contributed by atoms with Crippen LogP contribution >= 0.6 is 11.6 Å². The van der Waals surface area contributed by atoms with Crippen molar-refractivity contribution in [2.75, 3.05) is 13.7 Å². The summed E-state index contributed by atoms with van der Waals surface area (Å²) in [5, 5.41) is 3.36. The number of methoxy groups -OCH3 is 1. The number of carbonyl (C=O) groups is 2. The van der Waals surface area contributed by atoms with Gasteiger partial charge in [-0.15, -0.1) is 0 Å². The van der Waals surface area contributed by atoms with Crippen LogP contribution < -0.4 is 10.1 Å². The maximum absolute atomic E-state index is 11.7. The molecule has 0 aliphatic carbocycles. The van der Waals surface area contributed by atoms with Crippen molar-refractivity contribution in [1.82, 2.24) is 5.32 Å². The van der Waals surface area contributed by atoms with Crippen LogP contribution in [0.3, 0.4) is 0 Å². The molecule has 1 heterocycles. The summed E-state index contributed by atoms with van der Waals surface area (Å²) in [6.07, 6.45) is 0.986. The van der Waals surface area contributed by atoms with E-state index >= 15 is 0 Å². The van der Waals surface area contributed by atoms with Crippen molar-refractivity contribution in [2.24, 2.45) is 0 Å². The zero-order chi connectivity index (χ0) is 18.7. The van der Waals surface area contributed by atoms with Crippen LogP contribution in [0.2, 0.25) is 5.02 Å². The molecule has 1 aliphatic heterocycles. The Morgan fingerprint density at radius 2 is 2.08 bits per heavy atom. The Kier molecular flexibility index (Phi) is 5.47. The van der Waals surface area contributed by atoms with E-state index in [1.807, 2.05) is 31.2 Å². The van der Waals surface area contributed by atoms with E-state index in [9.17, 15) is 9.59 Å². The second-order valence-corrected chi connectivity index (χ2v) is 6.53. The molecule has 0 saturated carbocycles. The van der Waals surface area contributed by atoms with Crippen LogP contribution in [-0.4, -0.2) is 31.6 Å². The molecule has 0 aromatic heterocycles. The number of ether oxygens (including phenoxy) is 2.